The van der Waals surface area contributed by atoms with Crippen LogP contribution in [0.1, 0.15) is 11.3 Å². The first-order valence-corrected chi connectivity index (χ1v) is 6.52. The van der Waals surface area contributed by atoms with Gasteiger partial charge in [-0.3, -0.25) is 0 Å². The Morgan fingerprint density at radius 1 is 1.11 bits per heavy atom. The lowest BCUT2D eigenvalue weighted by Crippen LogP contribution is -2.06. The van der Waals surface area contributed by atoms with Crippen LogP contribution >= 0.6 is 0 Å². The van der Waals surface area contributed by atoms with E-state index in [0.717, 1.165) is 23.3 Å². The van der Waals surface area contributed by atoms with Gasteiger partial charge in [0.2, 0.25) is 0 Å². The molecule has 0 aliphatic rings. The van der Waals surface area contributed by atoms with Gasteiger partial charge in [-0.1, -0.05) is 36.4 Å². The average Bonchev–Trinajstić information content (AvgIpc) is 2.79. The van der Waals surface area contributed by atoms with Crippen molar-refractivity contribution in [1.82, 2.24) is 9.38 Å². The second-order valence-electron chi connectivity index (χ2n) is 4.75. The quantitative estimate of drug-likeness (QED) is 0.778. The summed E-state index contributed by atoms with van der Waals surface area (Å²) in [5.41, 5.74) is 11.3. The average molecular weight is 251 g/mol. The molecule has 2 aromatic heterocycles. The van der Waals surface area contributed by atoms with Gasteiger partial charge >= 0.3 is 0 Å². The van der Waals surface area contributed by atoms with Gasteiger partial charge in [-0.15, -0.1) is 0 Å². The van der Waals surface area contributed by atoms with E-state index in [9.17, 15) is 0 Å². The molecule has 0 bridgehead atoms. The second kappa shape index (κ2) is 4.86. The Labute approximate surface area is 112 Å². The van der Waals surface area contributed by atoms with Crippen molar-refractivity contribution < 1.29 is 0 Å². The zero-order valence-corrected chi connectivity index (χ0v) is 11.0. The maximum Gasteiger partial charge on any atom is 0.137 e. The number of benzene rings is 1. The topological polar surface area (TPSA) is 43.3 Å². The van der Waals surface area contributed by atoms with Crippen LogP contribution in [0.2, 0.25) is 0 Å². The third-order valence-corrected chi connectivity index (χ3v) is 3.29. The Hall–Kier alpha value is -2.13. The van der Waals surface area contributed by atoms with Crippen molar-refractivity contribution >= 4 is 5.65 Å². The first-order chi connectivity index (χ1) is 9.29. The van der Waals surface area contributed by atoms with Crippen molar-refractivity contribution in [3.63, 3.8) is 0 Å². The predicted octanol–water partition coefficient (Wildman–Crippen LogP) is 2.81. The fourth-order valence-corrected chi connectivity index (χ4v) is 2.40. The minimum absolute atomic E-state index is 0.627. The summed E-state index contributed by atoms with van der Waals surface area (Å²) < 4.78 is 2.16. The van der Waals surface area contributed by atoms with Crippen LogP contribution in [-0.4, -0.2) is 15.9 Å². The van der Waals surface area contributed by atoms with E-state index in [0.29, 0.717) is 6.54 Å². The molecule has 19 heavy (non-hydrogen) atoms. The van der Waals surface area contributed by atoms with Crippen LogP contribution in [-0.2, 0) is 6.42 Å². The highest BCUT2D eigenvalue weighted by Gasteiger charge is 2.12. The van der Waals surface area contributed by atoms with Crippen LogP contribution in [0.15, 0.2) is 48.7 Å². The Kier molecular flexibility index (Phi) is 3.05. The highest BCUT2D eigenvalue weighted by Crippen LogP contribution is 2.24. The van der Waals surface area contributed by atoms with Gasteiger partial charge in [-0.05, 0) is 25.1 Å². The SMILES string of the molecule is Cc1ccc2nc(-c3ccccc3)c(CCN)n2c1. The Morgan fingerprint density at radius 2 is 1.89 bits per heavy atom. The molecular formula is C16H17N3. The summed E-state index contributed by atoms with van der Waals surface area (Å²) in [5, 5.41) is 0. The van der Waals surface area contributed by atoms with Crippen LogP contribution in [0.3, 0.4) is 0 Å². The van der Waals surface area contributed by atoms with E-state index in [2.05, 4.69) is 41.8 Å². The van der Waals surface area contributed by atoms with Gasteiger partial charge in [-0.25, -0.2) is 4.98 Å². The third-order valence-electron chi connectivity index (χ3n) is 3.29. The Balaban J connectivity index is 2.26. The maximum atomic E-state index is 5.75. The van der Waals surface area contributed by atoms with Gasteiger partial charge in [0.1, 0.15) is 5.65 Å². The summed E-state index contributed by atoms with van der Waals surface area (Å²) in [7, 11) is 0. The normalized spacial score (nSPS) is 11.1. The fraction of sp³-hybridized carbons (Fsp3) is 0.188. The Bertz CT molecular complexity index is 699. The van der Waals surface area contributed by atoms with Crippen molar-refractivity contribution in [2.45, 2.75) is 13.3 Å². The molecule has 96 valence electrons. The van der Waals surface area contributed by atoms with Gasteiger partial charge in [0, 0.05) is 18.2 Å². The molecule has 3 rings (SSSR count). The van der Waals surface area contributed by atoms with E-state index in [1.54, 1.807) is 0 Å². The molecule has 0 atom stereocenters. The Morgan fingerprint density at radius 3 is 2.63 bits per heavy atom. The standard InChI is InChI=1S/C16H17N3/c1-12-7-8-15-18-16(13-5-3-2-4-6-13)14(9-10-17)19(15)11-12/h2-8,11H,9-10,17H2,1H3. The van der Waals surface area contributed by atoms with Crippen LogP contribution in [0.25, 0.3) is 16.9 Å². The molecule has 0 radical (unpaired) electrons. The number of fused-ring (bicyclic) bond motifs is 1. The molecule has 0 saturated carbocycles. The van der Waals surface area contributed by atoms with Crippen LogP contribution in [0.5, 0.6) is 0 Å². The molecule has 0 fully saturated rings. The number of pyridine rings is 1. The molecule has 1 aromatic carbocycles. The molecule has 0 aliphatic heterocycles. The first kappa shape index (κ1) is 11.9. The second-order valence-corrected chi connectivity index (χ2v) is 4.75. The number of aryl methyl sites for hydroxylation is 1. The van der Waals surface area contributed by atoms with Crippen molar-refractivity contribution in [3.05, 3.63) is 59.9 Å². The molecule has 2 heterocycles. The lowest BCUT2D eigenvalue weighted by atomic mass is 10.1. The van der Waals surface area contributed by atoms with Crippen LogP contribution in [0, 0.1) is 6.92 Å². The molecule has 3 nitrogen and oxygen atoms in total. The lowest BCUT2D eigenvalue weighted by molar-refractivity contribution is 0.904. The van der Waals surface area contributed by atoms with Gasteiger partial charge in [0.25, 0.3) is 0 Å². The number of hydrogen-bond donors (Lipinski definition) is 1. The van der Waals surface area contributed by atoms with E-state index in [1.165, 1.54) is 11.3 Å². The summed E-state index contributed by atoms with van der Waals surface area (Å²) in [6, 6.07) is 14.4. The minimum Gasteiger partial charge on any atom is -0.330 e. The van der Waals surface area contributed by atoms with Crippen molar-refractivity contribution in [2.24, 2.45) is 5.73 Å². The molecule has 2 N–H and O–H groups in total. The molecule has 0 amide bonds. The fourth-order valence-electron chi connectivity index (χ4n) is 2.40. The van der Waals surface area contributed by atoms with E-state index in [4.69, 9.17) is 10.7 Å². The predicted molar refractivity (Wildman–Crippen MR) is 78.1 cm³/mol. The zero-order chi connectivity index (χ0) is 13.2. The molecule has 0 spiro atoms. The van der Waals surface area contributed by atoms with E-state index in [-0.39, 0.29) is 0 Å². The van der Waals surface area contributed by atoms with Gasteiger partial charge in [-0.2, -0.15) is 0 Å². The summed E-state index contributed by atoms with van der Waals surface area (Å²) in [6.45, 7) is 2.72. The number of nitrogens with zero attached hydrogens (tertiary/aromatic N) is 2. The van der Waals surface area contributed by atoms with Gasteiger partial charge < -0.3 is 10.1 Å². The highest BCUT2D eigenvalue weighted by molar-refractivity contribution is 5.66. The molecule has 0 unspecified atom stereocenters. The smallest absolute Gasteiger partial charge is 0.137 e. The first-order valence-electron chi connectivity index (χ1n) is 6.52. The molecule has 3 heteroatoms. The largest absolute Gasteiger partial charge is 0.330 e. The molecule has 3 aromatic rings. The number of hydrogen-bond acceptors (Lipinski definition) is 2. The minimum atomic E-state index is 0.627. The monoisotopic (exact) mass is 251 g/mol. The summed E-state index contributed by atoms with van der Waals surface area (Å²) in [5.74, 6) is 0. The number of rotatable bonds is 3. The summed E-state index contributed by atoms with van der Waals surface area (Å²) >= 11 is 0. The summed E-state index contributed by atoms with van der Waals surface area (Å²) in [4.78, 5) is 4.75. The zero-order valence-electron chi connectivity index (χ0n) is 11.0. The van der Waals surface area contributed by atoms with Crippen molar-refractivity contribution in [3.8, 4) is 11.3 Å². The van der Waals surface area contributed by atoms with Gasteiger partial charge in [0.15, 0.2) is 0 Å². The summed E-state index contributed by atoms with van der Waals surface area (Å²) in [6.07, 6.45) is 2.95. The van der Waals surface area contributed by atoms with E-state index in [1.807, 2.05) is 18.2 Å². The lowest BCUT2D eigenvalue weighted by Gasteiger charge is -2.04. The maximum absolute atomic E-state index is 5.75. The van der Waals surface area contributed by atoms with Crippen LogP contribution < -0.4 is 5.73 Å². The molecule has 0 saturated heterocycles. The van der Waals surface area contributed by atoms with E-state index >= 15 is 0 Å². The van der Waals surface area contributed by atoms with E-state index < -0.39 is 0 Å². The third kappa shape index (κ3) is 2.13. The van der Waals surface area contributed by atoms with Crippen molar-refractivity contribution in [2.75, 3.05) is 6.54 Å². The molecule has 0 aliphatic carbocycles. The molecular weight excluding hydrogens is 234 g/mol. The highest BCUT2D eigenvalue weighted by atomic mass is 15.0. The van der Waals surface area contributed by atoms with Crippen LogP contribution in [0.4, 0.5) is 0 Å². The number of aromatic nitrogens is 2. The van der Waals surface area contributed by atoms with Crippen molar-refractivity contribution in [1.29, 1.82) is 0 Å². The number of imidazole rings is 1. The van der Waals surface area contributed by atoms with Gasteiger partial charge in [0.05, 0.1) is 11.4 Å². The number of nitrogens with two attached hydrogens (primary N) is 1.